The summed E-state index contributed by atoms with van der Waals surface area (Å²) in [6.07, 6.45) is 0.263. The minimum absolute atomic E-state index is 0.144. The quantitative estimate of drug-likeness (QED) is 0.736. The Morgan fingerprint density at radius 1 is 1.22 bits per heavy atom. The highest BCUT2D eigenvalue weighted by molar-refractivity contribution is 7.91. The lowest BCUT2D eigenvalue weighted by Gasteiger charge is -2.02. The summed E-state index contributed by atoms with van der Waals surface area (Å²) in [4.78, 5) is 4.16. The Bertz CT molecular complexity index is 874. The van der Waals surface area contributed by atoms with Crippen molar-refractivity contribution in [3.8, 4) is 11.4 Å². The third-order valence-corrected chi connectivity index (χ3v) is 5.82. The molecule has 1 aromatic carbocycles. The third kappa shape index (κ3) is 3.81. The number of hydrogen-bond donors (Lipinski definition) is 1. The van der Waals surface area contributed by atoms with Crippen molar-refractivity contribution in [1.82, 2.24) is 14.9 Å². The monoisotopic (exact) mass is 353 g/mol. The van der Waals surface area contributed by atoms with Crippen LogP contribution in [0.5, 0.6) is 0 Å². The van der Waals surface area contributed by atoms with Crippen molar-refractivity contribution in [3.63, 3.8) is 0 Å². The Morgan fingerprint density at radius 3 is 2.70 bits per heavy atom. The molecule has 23 heavy (non-hydrogen) atoms. The fourth-order valence-electron chi connectivity index (χ4n) is 1.85. The van der Waals surface area contributed by atoms with Crippen molar-refractivity contribution in [2.75, 3.05) is 6.54 Å². The molecule has 0 aliphatic heterocycles. The number of nitrogens with zero attached hydrogens (tertiary/aromatic N) is 2. The van der Waals surface area contributed by atoms with Gasteiger partial charge in [0.15, 0.2) is 0 Å². The molecule has 0 aliphatic rings. The zero-order valence-corrected chi connectivity index (χ0v) is 13.4. The highest BCUT2D eigenvalue weighted by Gasteiger charge is 2.15. The molecule has 0 saturated carbocycles. The molecular weight excluding hydrogens is 341 g/mol. The average Bonchev–Trinajstić information content (AvgIpc) is 3.19. The highest BCUT2D eigenvalue weighted by Crippen LogP contribution is 2.17. The van der Waals surface area contributed by atoms with Crippen molar-refractivity contribution >= 4 is 21.4 Å². The van der Waals surface area contributed by atoms with Gasteiger partial charge in [-0.1, -0.05) is 11.2 Å². The van der Waals surface area contributed by atoms with Crippen LogP contribution in [0.4, 0.5) is 4.39 Å². The summed E-state index contributed by atoms with van der Waals surface area (Å²) < 4.78 is 44.6. The SMILES string of the molecule is O=S(=O)(NCCc1nc(-c2ccc(F)cc2)no1)c1cccs1. The zero-order chi connectivity index (χ0) is 16.3. The minimum atomic E-state index is -3.50. The summed E-state index contributed by atoms with van der Waals surface area (Å²) in [7, 11) is -3.50. The second-order valence-corrected chi connectivity index (χ2v) is 7.54. The van der Waals surface area contributed by atoms with Crippen LogP contribution in [-0.4, -0.2) is 25.1 Å². The Balaban J connectivity index is 1.61. The van der Waals surface area contributed by atoms with Gasteiger partial charge >= 0.3 is 0 Å². The van der Waals surface area contributed by atoms with E-state index < -0.39 is 10.0 Å². The van der Waals surface area contributed by atoms with Gasteiger partial charge < -0.3 is 4.52 Å². The lowest BCUT2D eigenvalue weighted by atomic mass is 10.2. The van der Waals surface area contributed by atoms with Gasteiger partial charge in [0.25, 0.3) is 0 Å². The summed E-state index contributed by atoms with van der Waals surface area (Å²) in [5, 5.41) is 5.49. The van der Waals surface area contributed by atoms with E-state index >= 15 is 0 Å². The van der Waals surface area contributed by atoms with E-state index in [1.807, 2.05) is 0 Å². The van der Waals surface area contributed by atoms with Crippen LogP contribution in [0.2, 0.25) is 0 Å². The Morgan fingerprint density at radius 2 is 2.00 bits per heavy atom. The van der Waals surface area contributed by atoms with E-state index in [9.17, 15) is 12.8 Å². The Hall–Kier alpha value is -2.10. The summed E-state index contributed by atoms with van der Waals surface area (Å²) in [5.41, 5.74) is 0.626. The van der Waals surface area contributed by atoms with Crippen molar-refractivity contribution in [2.45, 2.75) is 10.6 Å². The molecule has 6 nitrogen and oxygen atoms in total. The lowest BCUT2D eigenvalue weighted by molar-refractivity contribution is 0.379. The molecule has 120 valence electrons. The van der Waals surface area contributed by atoms with Gasteiger partial charge in [0.2, 0.25) is 21.7 Å². The van der Waals surface area contributed by atoms with Crippen LogP contribution in [0.1, 0.15) is 5.89 Å². The summed E-state index contributed by atoms with van der Waals surface area (Å²) in [6, 6.07) is 8.91. The molecule has 1 N–H and O–H groups in total. The van der Waals surface area contributed by atoms with E-state index in [2.05, 4.69) is 14.9 Å². The minimum Gasteiger partial charge on any atom is -0.339 e. The second-order valence-electron chi connectivity index (χ2n) is 4.60. The molecule has 0 radical (unpaired) electrons. The highest BCUT2D eigenvalue weighted by atomic mass is 32.2. The van der Waals surface area contributed by atoms with Gasteiger partial charge in [-0.25, -0.2) is 17.5 Å². The first-order valence-electron chi connectivity index (χ1n) is 6.66. The molecule has 0 spiro atoms. The van der Waals surface area contributed by atoms with Crippen molar-refractivity contribution < 1.29 is 17.3 Å². The Labute approximate surface area is 136 Å². The van der Waals surface area contributed by atoms with Gasteiger partial charge in [0.1, 0.15) is 10.0 Å². The van der Waals surface area contributed by atoms with Crippen molar-refractivity contribution in [1.29, 1.82) is 0 Å². The summed E-state index contributed by atoms with van der Waals surface area (Å²) in [6.45, 7) is 0.144. The molecule has 2 aromatic heterocycles. The first-order valence-corrected chi connectivity index (χ1v) is 9.02. The number of halogens is 1. The van der Waals surface area contributed by atoms with Gasteiger partial charge in [0.05, 0.1) is 0 Å². The molecule has 0 atom stereocenters. The van der Waals surface area contributed by atoms with E-state index in [-0.39, 0.29) is 23.0 Å². The standard InChI is InChI=1S/C14H12FN3O3S2/c15-11-5-3-10(4-6-11)14-17-12(21-18-14)7-8-16-23(19,20)13-2-1-9-22-13/h1-6,9,16H,7-8H2. The zero-order valence-electron chi connectivity index (χ0n) is 11.8. The van der Waals surface area contributed by atoms with Gasteiger partial charge in [0, 0.05) is 18.5 Å². The molecule has 2 heterocycles. The molecule has 0 unspecified atom stereocenters. The lowest BCUT2D eigenvalue weighted by Crippen LogP contribution is -2.25. The first-order chi connectivity index (χ1) is 11.0. The van der Waals surface area contributed by atoms with Crippen LogP contribution in [0.15, 0.2) is 50.5 Å². The molecule has 3 aromatic rings. The predicted molar refractivity (Wildman–Crippen MR) is 82.9 cm³/mol. The smallest absolute Gasteiger partial charge is 0.250 e. The number of nitrogens with one attached hydrogen (secondary N) is 1. The van der Waals surface area contributed by atoms with E-state index in [1.165, 1.54) is 18.2 Å². The molecular formula is C14H12FN3O3S2. The van der Waals surface area contributed by atoms with Gasteiger partial charge in [-0.2, -0.15) is 4.98 Å². The van der Waals surface area contributed by atoms with E-state index in [0.29, 0.717) is 17.3 Å². The van der Waals surface area contributed by atoms with Crippen molar-refractivity contribution in [2.24, 2.45) is 0 Å². The molecule has 9 heteroatoms. The molecule has 0 saturated heterocycles. The molecule has 0 aliphatic carbocycles. The number of rotatable bonds is 6. The number of benzene rings is 1. The maximum Gasteiger partial charge on any atom is 0.250 e. The van der Waals surface area contributed by atoms with Gasteiger partial charge in [-0.3, -0.25) is 0 Å². The number of thiophene rings is 1. The van der Waals surface area contributed by atoms with E-state index in [0.717, 1.165) is 11.3 Å². The summed E-state index contributed by atoms with van der Waals surface area (Å²) >= 11 is 1.15. The van der Waals surface area contributed by atoms with E-state index in [1.54, 1.807) is 23.6 Å². The topological polar surface area (TPSA) is 85.1 Å². The summed E-state index contributed by atoms with van der Waals surface area (Å²) in [5.74, 6) is 0.291. The first kappa shape index (κ1) is 15.8. The fourth-order valence-corrected chi connectivity index (χ4v) is 3.92. The Kier molecular flexibility index (Phi) is 4.51. The number of hydrogen-bond acceptors (Lipinski definition) is 6. The average molecular weight is 353 g/mol. The maximum absolute atomic E-state index is 12.9. The maximum atomic E-state index is 12.9. The normalized spacial score (nSPS) is 11.7. The molecule has 0 amide bonds. The van der Waals surface area contributed by atoms with Crippen LogP contribution in [-0.2, 0) is 16.4 Å². The molecule has 3 rings (SSSR count). The van der Waals surface area contributed by atoms with Crippen LogP contribution < -0.4 is 4.72 Å². The van der Waals surface area contributed by atoms with Gasteiger partial charge in [-0.15, -0.1) is 11.3 Å². The molecule has 0 bridgehead atoms. The van der Waals surface area contributed by atoms with E-state index in [4.69, 9.17) is 4.52 Å². The van der Waals surface area contributed by atoms with Crippen LogP contribution >= 0.6 is 11.3 Å². The second kappa shape index (κ2) is 6.57. The van der Waals surface area contributed by atoms with Crippen LogP contribution in [0.3, 0.4) is 0 Å². The third-order valence-electron chi connectivity index (χ3n) is 2.96. The fraction of sp³-hybridized carbons (Fsp3) is 0.143. The number of aromatic nitrogens is 2. The van der Waals surface area contributed by atoms with Crippen LogP contribution in [0.25, 0.3) is 11.4 Å². The van der Waals surface area contributed by atoms with Crippen molar-refractivity contribution in [3.05, 3.63) is 53.5 Å². The number of sulfonamides is 1. The predicted octanol–water partition coefficient (Wildman–Crippen LogP) is 2.46. The van der Waals surface area contributed by atoms with Crippen LogP contribution in [0, 0.1) is 5.82 Å². The molecule has 0 fully saturated rings. The van der Waals surface area contributed by atoms with Gasteiger partial charge in [-0.05, 0) is 35.7 Å². The largest absolute Gasteiger partial charge is 0.339 e.